The number of aliphatic carboxylic acids is 1. The van der Waals surface area contributed by atoms with E-state index in [2.05, 4.69) is 5.32 Å². The highest BCUT2D eigenvalue weighted by molar-refractivity contribution is 6.31. The summed E-state index contributed by atoms with van der Waals surface area (Å²) >= 11 is 5.84. The highest BCUT2D eigenvalue weighted by atomic mass is 35.5. The molecule has 0 atom stereocenters. The molecule has 2 N–H and O–H groups in total. The van der Waals surface area contributed by atoms with Gasteiger partial charge in [0.1, 0.15) is 5.69 Å². The summed E-state index contributed by atoms with van der Waals surface area (Å²) < 4.78 is 1.75. The van der Waals surface area contributed by atoms with Gasteiger partial charge in [0.15, 0.2) is 0 Å². The van der Waals surface area contributed by atoms with Crippen LogP contribution in [0.25, 0.3) is 0 Å². The van der Waals surface area contributed by atoms with Gasteiger partial charge in [-0.2, -0.15) is 0 Å². The summed E-state index contributed by atoms with van der Waals surface area (Å²) in [6.07, 6.45) is 1.58. The lowest BCUT2D eigenvalue weighted by Gasteiger charge is -2.12. The van der Waals surface area contributed by atoms with Gasteiger partial charge in [-0.1, -0.05) is 11.6 Å². The maximum Gasteiger partial charge on any atom is 0.305 e. The van der Waals surface area contributed by atoms with Crippen molar-refractivity contribution in [2.24, 2.45) is 0 Å². The molecule has 0 saturated carbocycles. The fourth-order valence-corrected chi connectivity index (χ4v) is 1.64. The molecule has 0 aliphatic rings. The van der Waals surface area contributed by atoms with E-state index in [4.69, 9.17) is 16.7 Å². The van der Waals surface area contributed by atoms with E-state index in [0.29, 0.717) is 10.7 Å². The minimum Gasteiger partial charge on any atom is -0.481 e. The quantitative estimate of drug-likeness (QED) is 0.848. The molecule has 94 valence electrons. The normalized spacial score (nSPS) is 10.6. The van der Waals surface area contributed by atoms with Crippen LogP contribution in [0, 0.1) is 0 Å². The monoisotopic (exact) mass is 258 g/mol. The molecule has 1 amide bonds. The van der Waals surface area contributed by atoms with E-state index >= 15 is 0 Å². The summed E-state index contributed by atoms with van der Waals surface area (Å²) in [6, 6.07) is 1.68. The molecule has 5 nitrogen and oxygen atoms in total. The maximum atomic E-state index is 11.8. The highest BCUT2D eigenvalue weighted by Gasteiger charge is 2.14. The summed E-state index contributed by atoms with van der Waals surface area (Å²) in [5.74, 6) is -1.26. The Kier molecular flexibility index (Phi) is 4.57. The summed E-state index contributed by atoms with van der Waals surface area (Å²) in [5.41, 5.74) is 0.440. The molecule has 0 aliphatic heterocycles. The number of halogens is 1. The summed E-state index contributed by atoms with van der Waals surface area (Å²) in [4.78, 5) is 22.1. The van der Waals surface area contributed by atoms with Gasteiger partial charge in [0.2, 0.25) is 0 Å². The van der Waals surface area contributed by atoms with Crippen LogP contribution in [0.4, 0.5) is 0 Å². The third kappa shape index (κ3) is 3.78. The lowest BCUT2D eigenvalue weighted by atomic mass is 10.3. The van der Waals surface area contributed by atoms with Crippen molar-refractivity contribution < 1.29 is 14.7 Å². The Morgan fingerprint density at radius 3 is 2.71 bits per heavy atom. The van der Waals surface area contributed by atoms with Crippen LogP contribution in [0.15, 0.2) is 12.3 Å². The van der Waals surface area contributed by atoms with Crippen LogP contribution in [0.1, 0.15) is 36.8 Å². The van der Waals surface area contributed by atoms with Crippen molar-refractivity contribution in [3.05, 3.63) is 23.0 Å². The highest BCUT2D eigenvalue weighted by Crippen LogP contribution is 2.18. The Morgan fingerprint density at radius 1 is 1.53 bits per heavy atom. The molecule has 1 heterocycles. The Bertz CT molecular complexity index is 426. The summed E-state index contributed by atoms with van der Waals surface area (Å²) in [5, 5.41) is 11.5. The second-order valence-electron chi connectivity index (χ2n) is 3.94. The van der Waals surface area contributed by atoms with Crippen LogP contribution in [0.5, 0.6) is 0 Å². The third-order valence-corrected chi connectivity index (χ3v) is 2.44. The standard InChI is InChI=1S/C11H15ClN2O3/c1-7(2)14-6-8(12)5-9(14)11(17)13-4-3-10(15)16/h5-7H,3-4H2,1-2H3,(H,13,17)(H,15,16). The van der Waals surface area contributed by atoms with Gasteiger partial charge in [-0.15, -0.1) is 0 Å². The lowest BCUT2D eigenvalue weighted by Crippen LogP contribution is -2.28. The van der Waals surface area contributed by atoms with Gasteiger partial charge in [-0.3, -0.25) is 9.59 Å². The molecule has 0 radical (unpaired) electrons. The van der Waals surface area contributed by atoms with Gasteiger partial charge >= 0.3 is 5.97 Å². The number of nitrogens with one attached hydrogen (secondary N) is 1. The van der Waals surface area contributed by atoms with E-state index in [-0.39, 0.29) is 24.9 Å². The summed E-state index contributed by atoms with van der Waals surface area (Å²) in [6.45, 7) is 3.98. The molecule has 6 heteroatoms. The average Bonchev–Trinajstić information content (AvgIpc) is 2.59. The predicted octanol–water partition coefficient (Wildman–Crippen LogP) is 1.93. The molecule has 17 heavy (non-hydrogen) atoms. The number of carboxylic acid groups (broad SMARTS) is 1. The van der Waals surface area contributed by atoms with E-state index in [1.807, 2.05) is 13.8 Å². The van der Waals surface area contributed by atoms with Crippen molar-refractivity contribution in [3.63, 3.8) is 0 Å². The lowest BCUT2D eigenvalue weighted by molar-refractivity contribution is -0.136. The van der Waals surface area contributed by atoms with Gasteiger partial charge in [0.25, 0.3) is 5.91 Å². The Morgan fingerprint density at radius 2 is 2.18 bits per heavy atom. The number of rotatable bonds is 5. The zero-order valence-electron chi connectivity index (χ0n) is 9.74. The maximum absolute atomic E-state index is 11.8. The summed E-state index contributed by atoms with van der Waals surface area (Å²) in [7, 11) is 0. The molecular weight excluding hydrogens is 244 g/mol. The van der Waals surface area contributed by atoms with Crippen LogP contribution >= 0.6 is 11.6 Å². The molecule has 0 saturated heterocycles. The molecular formula is C11H15ClN2O3. The molecule has 0 fully saturated rings. The first kappa shape index (κ1) is 13.6. The first-order valence-corrected chi connectivity index (χ1v) is 5.67. The molecule has 1 aromatic heterocycles. The molecule has 0 aliphatic carbocycles. The topological polar surface area (TPSA) is 71.3 Å². The number of aromatic nitrogens is 1. The second-order valence-corrected chi connectivity index (χ2v) is 4.38. The van der Waals surface area contributed by atoms with Crippen molar-refractivity contribution >= 4 is 23.5 Å². The number of carboxylic acids is 1. The van der Waals surface area contributed by atoms with E-state index in [1.165, 1.54) is 0 Å². The SMILES string of the molecule is CC(C)n1cc(Cl)cc1C(=O)NCCC(=O)O. The molecule has 0 spiro atoms. The van der Waals surface area contributed by atoms with E-state index in [0.717, 1.165) is 0 Å². The minimum atomic E-state index is -0.942. The second kappa shape index (κ2) is 5.72. The number of hydrogen-bond donors (Lipinski definition) is 2. The number of carbonyl (C=O) groups excluding carboxylic acids is 1. The van der Waals surface area contributed by atoms with Crippen LogP contribution in [0.3, 0.4) is 0 Å². The van der Waals surface area contributed by atoms with Crippen LogP contribution < -0.4 is 5.32 Å². The molecule has 0 unspecified atom stereocenters. The number of amides is 1. The average molecular weight is 259 g/mol. The molecule has 1 aromatic rings. The third-order valence-electron chi connectivity index (χ3n) is 2.23. The van der Waals surface area contributed by atoms with Crippen molar-refractivity contribution in [1.29, 1.82) is 0 Å². The Hall–Kier alpha value is -1.49. The predicted molar refractivity (Wildman–Crippen MR) is 64.4 cm³/mol. The van der Waals surface area contributed by atoms with Gasteiger partial charge in [0.05, 0.1) is 11.4 Å². The van der Waals surface area contributed by atoms with Gasteiger partial charge in [-0.05, 0) is 19.9 Å². The fraction of sp³-hybridized carbons (Fsp3) is 0.455. The van der Waals surface area contributed by atoms with Crippen molar-refractivity contribution in [3.8, 4) is 0 Å². The smallest absolute Gasteiger partial charge is 0.305 e. The van der Waals surface area contributed by atoms with E-state index < -0.39 is 5.97 Å². The molecule has 1 rings (SSSR count). The molecule has 0 aromatic carbocycles. The van der Waals surface area contributed by atoms with Crippen molar-refractivity contribution in [1.82, 2.24) is 9.88 Å². The first-order chi connectivity index (χ1) is 7.91. The van der Waals surface area contributed by atoms with E-state index in [9.17, 15) is 9.59 Å². The first-order valence-electron chi connectivity index (χ1n) is 5.29. The zero-order chi connectivity index (χ0) is 13.0. The fourth-order valence-electron chi connectivity index (χ4n) is 1.43. The van der Waals surface area contributed by atoms with Gasteiger partial charge < -0.3 is 15.0 Å². The largest absolute Gasteiger partial charge is 0.481 e. The van der Waals surface area contributed by atoms with Crippen LogP contribution in [-0.2, 0) is 4.79 Å². The number of carbonyl (C=O) groups is 2. The van der Waals surface area contributed by atoms with E-state index in [1.54, 1.807) is 16.8 Å². The minimum absolute atomic E-state index is 0.0954. The van der Waals surface area contributed by atoms with Crippen LogP contribution in [0.2, 0.25) is 5.02 Å². The Balaban J connectivity index is 2.71. The number of nitrogens with zero attached hydrogens (tertiary/aromatic N) is 1. The molecule has 0 bridgehead atoms. The zero-order valence-corrected chi connectivity index (χ0v) is 10.5. The number of hydrogen-bond acceptors (Lipinski definition) is 2. The van der Waals surface area contributed by atoms with Crippen LogP contribution in [-0.4, -0.2) is 28.1 Å². The Labute approximate surface area is 104 Å². The van der Waals surface area contributed by atoms with Gasteiger partial charge in [0, 0.05) is 18.8 Å². The van der Waals surface area contributed by atoms with Gasteiger partial charge in [-0.25, -0.2) is 0 Å². The van der Waals surface area contributed by atoms with Crippen molar-refractivity contribution in [2.45, 2.75) is 26.3 Å². The van der Waals surface area contributed by atoms with Crippen molar-refractivity contribution in [2.75, 3.05) is 6.54 Å².